The summed E-state index contributed by atoms with van der Waals surface area (Å²) >= 11 is 0. The lowest BCUT2D eigenvalue weighted by Crippen LogP contribution is -2.28. The number of anilines is 3. The first-order valence-electron chi connectivity index (χ1n) is 13.3. The van der Waals surface area contributed by atoms with Gasteiger partial charge in [-0.25, -0.2) is 4.98 Å². The lowest BCUT2D eigenvalue weighted by molar-refractivity contribution is -0.127. The van der Waals surface area contributed by atoms with Gasteiger partial charge >= 0.3 is 0 Å². The SMILES string of the molecule is COc1cc(Nc2nc(NCc3ccc4c(c3)OCO4)nc3c2ncn3CCN2CCCC2=O)cc(OC)c1OC. The van der Waals surface area contributed by atoms with Crippen LogP contribution in [0.3, 0.4) is 0 Å². The molecule has 2 aliphatic heterocycles. The van der Waals surface area contributed by atoms with E-state index in [1.165, 1.54) is 0 Å². The molecule has 41 heavy (non-hydrogen) atoms. The summed E-state index contributed by atoms with van der Waals surface area (Å²) < 4.78 is 29.4. The predicted octanol–water partition coefficient (Wildman–Crippen LogP) is 3.56. The van der Waals surface area contributed by atoms with Gasteiger partial charge in [0.25, 0.3) is 0 Å². The minimum absolute atomic E-state index is 0.180. The Morgan fingerprint density at radius 3 is 2.51 bits per heavy atom. The standard InChI is InChI=1S/C28H31N7O6/c1-37-21-12-18(13-22(38-2)25(21)39-3)31-26-24-27(35(15-30-24)10-9-34-8-4-5-23(34)36)33-28(32-26)29-14-17-6-7-19-20(11-17)41-16-40-19/h6-7,11-13,15H,4-5,8-10,14,16H2,1-3H3,(H2,29,31,32,33). The summed E-state index contributed by atoms with van der Waals surface area (Å²) in [7, 11) is 4.69. The van der Waals surface area contributed by atoms with Crippen LogP contribution in [-0.2, 0) is 17.9 Å². The van der Waals surface area contributed by atoms with E-state index < -0.39 is 0 Å². The van der Waals surface area contributed by atoms with E-state index in [2.05, 4.69) is 15.6 Å². The minimum atomic E-state index is 0.180. The van der Waals surface area contributed by atoms with E-state index >= 15 is 0 Å². The third-order valence-corrected chi connectivity index (χ3v) is 7.06. The first kappa shape index (κ1) is 26.3. The molecule has 0 unspecified atom stereocenters. The fourth-order valence-corrected chi connectivity index (χ4v) is 4.97. The van der Waals surface area contributed by atoms with E-state index in [0.717, 1.165) is 24.3 Å². The normalized spacial score (nSPS) is 14.0. The Labute approximate surface area is 236 Å². The van der Waals surface area contributed by atoms with Gasteiger partial charge in [-0.05, 0) is 24.1 Å². The molecule has 4 heterocycles. The van der Waals surface area contributed by atoms with Crippen LogP contribution >= 0.6 is 0 Å². The van der Waals surface area contributed by atoms with Crippen molar-refractivity contribution in [2.75, 3.05) is 51.8 Å². The molecular formula is C28H31N7O6. The van der Waals surface area contributed by atoms with E-state index in [1.807, 2.05) is 27.7 Å². The third-order valence-electron chi connectivity index (χ3n) is 7.06. The van der Waals surface area contributed by atoms with Crippen molar-refractivity contribution >= 4 is 34.5 Å². The number of nitrogens with one attached hydrogen (secondary N) is 2. The van der Waals surface area contributed by atoms with E-state index in [9.17, 15) is 4.79 Å². The fourth-order valence-electron chi connectivity index (χ4n) is 4.97. The first-order chi connectivity index (χ1) is 20.1. The van der Waals surface area contributed by atoms with Crippen LogP contribution in [0.5, 0.6) is 28.7 Å². The quantitative estimate of drug-likeness (QED) is 0.278. The average Bonchev–Trinajstić information content (AvgIpc) is 3.74. The van der Waals surface area contributed by atoms with Crippen LogP contribution in [0.4, 0.5) is 17.5 Å². The molecule has 0 spiro atoms. The number of ether oxygens (including phenoxy) is 5. The number of imidazole rings is 1. The zero-order valence-electron chi connectivity index (χ0n) is 23.1. The Morgan fingerprint density at radius 1 is 0.976 bits per heavy atom. The third kappa shape index (κ3) is 5.30. The Kier molecular flexibility index (Phi) is 7.23. The maximum atomic E-state index is 12.2. The lowest BCUT2D eigenvalue weighted by atomic mass is 10.2. The van der Waals surface area contributed by atoms with Crippen molar-refractivity contribution in [3.63, 3.8) is 0 Å². The number of carbonyl (C=O) groups excluding carboxylic acids is 1. The van der Waals surface area contributed by atoms with Crippen molar-refractivity contribution in [2.45, 2.75) is 25.9 Å². The summed E-state index contributed by atoms with van der Waals surface area (Å²) in [4.78, 5) is 28.2. The summed E-state index contributed by atoms with van der Waals surface area (Å²) in [6.45, 7) is 2.60. The smallest absolute Gasteiger partial charge is 0.231 e. The molecule has 0 aliphatic carbocycles. The minimum Gasteiger partial charge on any atom is -0.493 e. The van der Waals surface area contributed by atoms with Gasteiger partial charge in [-0.15, -0.1) is 0 Å². The van der Waals surface area contributed by atoms with Crippen molar-refractivity contribution in [3.8, 4) is 28.7 Å². The molecule has 6 rings (SSSR count). The second-order valence-electron chi connectivity index (χ2n) is 9.57. The highest BCUT2D eigenvalue weighted by Crippen LogP contribution is 2.41. The van der Waals surface area contributed by atoms with Gasteiger partial charge in [0.15, 0.2) is 40.0 Å². The number of hydrogen-bond donors (Lipinski definition) is 2. The van der Waals surface area contributed by atoms with Crippen molar-refractivity contribution in [3.05, 3.63) is 42.2 Å². The fraction of sp³-hybridized carbons (Fsp3) is 0.357. The van der Waals surface area contributed by atoms with Gasteiger partial charge < -0.3 is 43.8 Å². The topological polar surface area (TPSA) is 134 Å². The molecule has 2 aromatic carbocycles. The largest absolute Gasteiger partial charge is 0.493 e. The van der Waals surface area contributed by atoms with Crippen molar-refractivity contribution < 1.29 is 28.5 Å². The molecule has 214 valence electrons. The molecule has 1 fully saturated rings. The van der Waals surface area contributed by atoms with Gasteiger partial charge in [-0.2, -0.15) is 9.97 Å². The van der Waals surface area contributed by atoms with Crippen LogP contribution in [0.1, 0.15) is 18.4 Å². The van der Waals surface area contributed by atoms with Gasteiger partial charge in [0.1, 0.15) is 0 Å². The summed E-state index contributed by atoms with van der Waals surface area (Å²) in [5.74, 6) is 4.00. The van der Waals surface area contributed by atoms with Gasteiger partial charge in [-0.1, -0.05) is 6.07 Å². The van der Waals surface area contributed by atoms with Crippen molar-refractivity contribution in [2.24, 2.45) is 0 Å². The monoisotopic (exact) mass is 561 g/mol. The van der Waals surface area contributed by atoms with Gasteiger partial charge in [0.2, 0.25) is 24.4 Å². The molecule has 0 radical (unpaired) electrons. The summed E-state index contributed by atoms with van der Waals surface area (Å²) in [5.41, 5.74) is 2.87. The summed E-state index contributed by atoms with van der Waals surface area (Å²) in [5, 5.41) is 6.68. The molecule has 1 amide bonds. The van der Waals surface area contributed by atoms with Gasteiger partial charge in [0.05, 0.1) is 27.7 Å². The van der Waals surface area contributed by atoms with Crippen LogP contribution in [0.25, 0.3) is 11.2 Å². The second kappa shape index (κ2) is 11.3. The highest BCUT2D eigenvalue weighted by Gasteiger charge is 2.21. The van der Waals surface area contributed by atoms with Crippen molar-refractivity contribution in [1.29, 1.82) is 0 Å². The maximum absolute atomic E-state index is 12.2. The molecule has 0 saturated carbocycles. The Hall–Kier alpha value is -4.94. The zero-order chi connectivity index (χ0) is 28.3. The highest BCUT2D eigenvalue weighted by molar-refractivity contribution is 5.87. The average molecular weight is 562 g/mol. The highest BCUT2D eigenvalue weighted by atomic mass is 16.7. The number of fused-ring (bicyclic) bond motifs is 2. The van der Waals surface area contributed by atoms with E-state index in [0.29, 0.717) is 77.7 Å². The summed E-state index contributed by atoms with van der Waals surface area (Å²) in [6.07, 6.45) is 3.22. The molecular weight excluding hydrogens is 530 g/mol. The number of amides is 1. The number of carbonyl (C=O) groups is 1. The Bertz CT molecular complexity index is 1560. The molecule has 2 aromatic heterocycles. The molecule has 2 N–H and O–H groups in total. The second-order valence-corrected chi connectivity index (χ2v) is 9.57. The molecule has 2 aliphatic rings. The van der Waals surface area contributed by atoms with Gasteiger partial charge in [-0.3, -0.25) is 4.79 Å². The van der Waals surface area contributed by atoms with Gasteiger partial charge in [0, 0.05) is 50.4 Å². The van der Waals surface area contributed by atoms with Crippen molar-refractivity contribution in [1.82, 2.24) is 24.4 Å². The van der Waals surface area contributed by atoms with Crippen LogP contribution in [0, 0.1) is 0 Å². The number of hydrogen-bond acceptors (Lipinski definition) is 11. The zero-order valence-corrected chi connectivity index (χ0v) is 23.1. The van der Waals surface area contributed by atoms with E-state index in [1.54, 1.807) is 39.8 Å². The number of aromatic nitrogens is 4. The molecule has 1 saturated heterocycles. The molecule has 13 nitrogen and oxygen atoms in total. The maximum Gasteiger partial charge on any atom is 0.231 e. The van der Waals surface area contributed by atoms with Crippen LogP contribution in [-0.4, -0.2) is 71.5 Å². The summed E-state index contributed by atoms with van der Waals surface area (Å²) in [6, 6.07) is 9.37. The lowest BCUT2D eigenvalue weighted by Gasteiger charge is -2.16. The molecule has 13 heteroatoms. The van der Waals surface area contributed by atoms with E-state index in [4.69, 9.17) is 33.7 Å². The Morgan fingerprint density at radius 2 is 1.78 bits per heavy atom. The number of methoxy groups -OCH3 is 3. The number of rotatable bonds is 11. The van der Waals surface area contributed by atoms with Crippen LogP contribution in [0.15, 0.2) is 36.7 Å². The first-order valence-corrected chi connectivity index (χ1v) is 13.3. The molecule has 0 atom stereocenters. The van der Waals surface area contributed by atoms with E-state index in [-0.39, 0.29) is 12.7 Å². The number of nitrogens with zero attached hydrogens (tertiary/aromatic N) is 5. The predicted molar refractivity (Wildman–Crippen MR) is 150 cm³/mol. The molecule has 0 bridgehead atoms. The van der Waals surface area contributed by atoms with Crippen LogP contribution < -0.4 is 34.3 Å². The molecule has 4 aromatic rings. The number of likely N-dealkylation sites (tertiary alicyclic amines) is 1. The number of benzene rings is 2. The van der Waals surface area contributed by atoms with Crippen LogP contribution in [0.2, 0.25) is 0 Å². The Balaban J connectivity index is 1.32.